The molecule has 1 aromatic carbocycles. The Morgan fingerprint density at radius 2 is 2.05 bits per heavy atom. The zero-order chi connectivity index (χ0) is 14.0. The molecule has 0 aliphatic rings. The Balaban J connectivity index is 2.27. The van der Waals surface area contributed by atoms with Crippen LogP contribution in [-0.4, -0.2) is 24.9 Å². The molecule has 0 aliphatic heterocycles. The van der Waals surface area contributed by atoms with Gasteiger partial charge in [0, 0.05) is 13.1 Å². The highest BCUT2D eigenvalue weighted by atomic mass is 32.2. The molecule has 7 heteroatoms. The highest BCUT2D eigenvalue weighted by Crippen LogP contribution is 2.22. The fourth-order valence-corrected chi connectivity index (χ4v) is 2.94. The molecule has 0 fully saturated rings. The minimum Gasteiger partial charge on any atom is -0.398 e. The van der Waals surface area contributed by atoms with Crippen molar-refractivity contribution in [2.75, 3.05) is 12.8 Å². The van der Waals surface area contributed by atoms with Gasteiger partial charge in [0.05, 0.1) is 17.9 Å². The maximum absolute atomic E-state index is 12.4. The van der Waals surface area contributed by atoms with Crippen molar-refractivity contribution in [3.8, 4) is 0 Å². The third-order valence-electron chi connectivity index (χ3n) is 2.67. The van der Waals surface area contributed by atoms with E-state index in [1.54, 1.807) is 31.2 Å². The molecule has 6 nitrogen and oxygen atoms in total. The maximum Gasteiger partial charge on any atom is 0.245 e. The number of nitrogens with zero attached hydrogens (tertiary/aromatic N) is 2. The Morgan fingerprint density at radius 3 is 2.63 bits per heavy atom. The summed E-state index contributed by atoms with van der Waals surface area (Å²) in [5, 5.41) is 3.77. The van der Waals surface area contributed by atoms with E-state index in [-0.39, 0.29) is 17.1 Å². The van der Waals surface area contributed by atoms with Crippen molar-refractivity contribution >= 4 is 15.7 Å². The van der Waals surface area contributed by atoms with Crippen molar-refractivity contribution < 1.29 is 12.9 Å². The van der Waals surface area contributed by atoms with Crippen molar-refractivity contribution in [2.45, 2.75) is 18.4 Å². The van der Waals surface area contributed by atoms with E-state index < -0.39 is 10.0 Å². The highest BCUT2D eigenvalue weighted by molar-refractivity contribution is 7.89. The van der Waals surface area contributed by atoms with Crippen molar-refractivity contribution in [3.63, 3.8) is 0 Å². The number of nitrogens with two attached hydrogens (primary N) is 1. The van der Waals surface area contributed by atoms with E-state index in [1.165, 1.54) is 17.4 Å². The topological polar surface area (TPSA) is 89.4 Å². The molecular weight excluding hydrogens is 266 g/mol. The van der Waals surface area contributed by atoms with Crippen LogP contribution in [0.4, 0.5) is 5.69 Å². The van der Waals surface area contributed by atoms with Gasteiger partial charge in [0.2, 0.25) is 10.0 Å². The normalized spacial score (nSPS) is 11.9. The molecule has 102 valence electrons. The summed E-state index contributed by atoms with van der Waals surface area (Å²) < 4.78 is 30.8. The molecule has 0 atom stereocenters. The van der Waals surface area contributed by atoms with Crippen molar-refractivity contribution in [1.82, 2.24) is 9.46 Å². The third kappa shape index (κ3) is 2.77. The van der Waals surface area contributed by atoms with Crippen LogP contribution < -0.4 is 5.73 Å². The van der Waals surface area contributed by atoms with Gasteiger partial charge >= 0.3 is 0 Å². The highest BCUT2D eigenvalue weighted by Gasteiger charge is 2.23. The first-order valence-electron chi connectivity index (χ1n) is 5.64. The fraction of sp³-hybridized carbons (Fsp3) is 0.250. The van der Waals surface area contributed by atoms with Crippen LogP contribution >= 0.6 is 0 Å². The summed E-state index contributed by atoms with van der Waals surface area (Å²) in [5.41, 5.74) is 6.48. The summed E-state index contributed by atoms with van der Waals surface area (Å²) in [6.45, 7) is 1.88. The van der Waals surface area contributed by atoms with E-state index in [0.717, 1.165) is 0 Å². The first-order valence-corrected chi connectivity index (χ1v) is 7.08. The first-order chi connectivity index (χ1) is 8.91. The Morgan fingerprint density at radius 1 is 1.37 bits per heavy atom. The van der Waals surface area contributed by atoms with Crippen LogP contribution in [0.1, 0.15) is 11.5 Å². The van der Waals surface area contributed by atoms with E-state index >= 15 is 0 Å². The monoisotopic (exact) mass is 281 g/mol. The lowest BCUT2D eigenvalue weighted by Crippen LogP contribution is -2.27. The lowest BCUT2D eigenvalue weighted by Gasteiger charge is -2.16. The Bertz CT molecular complexity index is 679. The van der Waals surface area contributed by atoms with Gasteiger partial charge in [-0.1, -0.05) is 17.3 Å². The summed E-state index contributed by atoms with van der Waals surface area (Å²) in [4.78, 5) is 0.0951. The minimum atomic E-state index is -3.63. The van der Waals surface area contributed by atoms with Crippen LogP contribution in [0, 0.1) is 6.92 Å². The van der Waals surface area contributed by atoms with Gasteiger partial charge in [-0.2, -0.15) is 4.31 Å². The Hall–Kier alpha value is -1.86. The molecule has 0 radical (unpaired) electrons. The third-order valence-corrected chi connectivity index (χ3v) is 4.55. The lowest BCUT2D eigenvalue weighted by molar-refractivity contribution is 0.378. The SMILES string of the molecule is Cc1cc(CN(C)S(=O)(=O)c2ccccc2N)no1. The summed E-state index contributed by atoms with van der Waals surface area (Å²) in [7, 11) is -2.15. The molecule has 0 spiro atoms. The van der Waals surface area contributed by atoms with Gasteiger partial charge in [0.1, 0.15) is 10.7 Å². The summed E-state index contributed by atoms with van der Waals surface area (Å²) >= 11 is 0. The predicted octanol–water partition coefficient (Wildman–Crippen LogP) is 1.39. The second-order valence-corrected chi connectivity index (χ2v) is 6.24. The van der Waals surface area contributed by atoms with E-state index in [1.807, 2.05) is 0 Å². The number of sulfonamides is 1. The molecule has 0 saturated heterocycles. The zero-order valence-corrected chi connectivity index (χ0v) is 11.5. The molecule has 0 unspecified atom stereocenters. The molecule has 0 saturated carbocycles. The summed E-state index contributed by atoms with van der Waals surface area (Å²) in [6, 6.07) is 8.06. The molecule has 1 aromatic heterocycles. The second-order valence-electron chi connectivity index (χ2n) is 4.23. The second kappa shape index (κ2) is 5.02. The van der Waals surface area contributed by atoms with E-state index in [9.17, 15) is 8.42 Å². The molecule has 2 N–H and O–H groups in total. The molecule has 2 aromatic rings. The number of nitrogen functional groups attached to an aromatic ring is 1. The fourth-order valence-electron chi connectivity index (χ4n) is 1.69. The van der Waals surface area contributed by atoms with E-state index in [0.29, 0.717) is 11.5 Å². The first kappa shape index (κ1) is 13.6. The number of aryl methyl sites for hydroxylation is 1. The number of para-hydroxylation sites is 1. The van der Waals surface area contributed by atoms with Gasteiger partial charge in [-0.05, 0) is 19.1 Å². The number of aromatic nitrogens is 1. The molecule has 0 bridgehead atoms. The van der Waals surface area contributed by atoms with Gasteiger partial charge < -0.3 is 10.3 Å². The minimum absolute atomic E-state index is 0.0951. The van der Waals surface area contributed by atoms with E-state index in [2.05, 4.69) is 5.16 Å². The molecule has 1 heterocycles. The van der Waals surface area contributed by atoms with E-state index in [4.69, 9.17) is 10.3 Å². The molecule has 2 rings (SSSR count). The largest absolute Gasteiger partial charge is 0.398 e. The average molecular weight is 281 g/mol. The molecule has 0 aliphatic carbocycles. The molecule has 19 heavy (non-hydrogen) atoms. The van der Waals surface area contributed by atoms with Crippen LogP contribution in [0.2, 0.25) is 0 Å². The van der Waals surface area contributed by atoms with Crippen LogP contribution in [0.25, 0.3) is 0 Å². The number of rotatable bonds is 4. The maximum atomic E-state index is 12.4. The van der Waals surface area contributed by atoms with Crippen molar-refractivity contribution in [1.29, 1.82) is 0 Å². The quantitative estimate of drug-likeness (QED) is 0.855. The van der Waals surface area contributed by atoms with Gasteiger partial charge in [0.15, 0.2) is 0 Å². The number of hydrogen-bond acceptors (Lipinski definition) is 5. The average Bonchev–Trinajstić information content (AvgIpc) is 2.75. The van der Waals surface area contributed by atoms with Gasteiger partial charge in [0.25, 0.3) is 0 Å². The number of benzene rings is 1. The molecule has 0 amide bonds. The predicted molar refractivity (Wildman–Crippen MR) is 70.7 cm³/mol. The standard InChI is InChI=1S/C12H15N3O3S/c1-9-7-10(14-18-9)8-15(2)19(16,17)12-6-4-3-5-11(12)13/h3-7H,8,13H2,1-2H3. The van der Waals surface area contributed by atoms with Crippen molar-refractivity contribution in [2.24, 2.45) is 0 Å². The van der Waals surface area contributed by atoms with Crippen LogP contribution in [-0.2, 0) is 16.6 Å². The lowest BCUT2D eigenvalue weighted by atomic mass is 10.3. The summed E-state index contributed by atoms with van der Waals surface area (Å²) in [5.74, 6) is 0.639. The van der Waals surface area contributed by atoms with Crippen LogP contribution in [0.5, 0.6) is 0 Å². The van der Waals surface area contributed by atoms with Gasteiger partial charge in [-0.25, -0.2) is 8.42 Å². The number of hydrogen-bond donors (Lipinski definition) is 1. The van der Waals surface area contributed by atoms with Crippen LogP contribution in [0.15, 0.2) is 39.8 Å². The summed E-state index contributed by atoms with van der Waals surface area (Å²) in [6.07, 6.45) is 0. The number of anilines is 1. The smallest absolute Gasteiger partial charge is 0.245 e. The van der Waals surface area contributed by atoms with Gasteiger partial charge in [-0.3, -0.25) is 0 Å². The molecular formula is C12H15N3O3S. The van der Waals surface area contributed by atoms with Gasteiger partial charge in [-0.15, -0.1) is 0 Å². The Labute approximate surface area is 111 Å². The van der Waals surface area contributed by atoms with Crippen molar-refractivity contribution in [3.05, 3.63) is 41.8 Å². The Kier molecular flexibility index (Phi) is 3.59. The van der Waals surface area contributed by atoms with Crippen LogP contribution in [0.3, 0.4) is 0 Å². The zero-order valence-electron chi connectivity index (χ0n) is 10.7.